The van der Waals surface area contributed by atoms with Crippen LogP contribution in [0.5, 0.6) is 0 Å². The van der Waals surface area contributed by atoms with Crippen molar-refractivity contribution >= 4 is 33.9 Å². The summed E-state index contributed by atoms with van der Waals surface area (Å²) < 4.78 is 43.3. The molecule has 0 radical (unpaired) electrons. The molecule has 0 unspecified atom stereocenters. The predicted octanol–water partition coefficient (Wildman–Crippen LogP) is 6.14. The molecule has 0 saturated carbocycles. The van der Waals surface area contributed by atoms with Crippen LogP contribution in [0.3, 0.4) is 0 Å². The van der Waals surface area contributed by atoms with E-state index in [1.165, 1.54) is 0 Å². The highest BCUT2D eigenvalue weighted by atomic mass is 127. The summed E-state index contributed by atoms with van der Waals surface area (Å²) in [6.07, 6.45) is 1.85. The van der Waals surface area contributed by atoms with Crippen molar-refractivity contribution < 1.29 is 13.2 Å². The van der Waals surface area contributed by atoms with Gasteiger partial charge in [0.15, 0.2) is 0 Å². The Morgan fingerprint density at radius 1 is 1.04 bits per heavy atom. The third kappa shape index (κ3) is 3.25. The number of allylic oxidation sites excluding steroid dienone is 3. The van der Waals surface area contributed by atoms with Gasteiger partial charge in [0, 0.05) is 33.5 Å². The van der Waals surface area contributed by atoms with Gasteiger partial charge in [-0.2, -0.15) is 0 Å². The minimum Gasteiger partial charge on any atom is -0.340 e. The van der Waals surface area contributed by atoms with Crippen LogP contribution in [-0.4, -0.2) is 11.4 Å². The van der Waals surface area contributed by atoms with Gasteiger partial charge in [0.25, 0.3) is 0 Å². The summed E-state index contributed by atoms with van der Waals surface area (Å²) >= 11 is 2.15. The number of rotatable bonds is 3. The second-order valence-corrected chi connectivity index (χ2v) is 6.72. The maximum atomic E-state index is 14.5. The van der Waals surface area contributed by atoms with Crippen molar-refractivity contribution in [3.05, 3.63) is 93.0 Å². The molecule has 1 aliphatic rings. The van der Waals surface area contributed by atoms with E-state index in [2.05, 4.69) is 29.2 Å². The molecule has 0 N–H and O–H groups in total. The Labute approximate surface area is 158 Å². The van der Waals surface area contributed by atoms with Gasteiger partial charge in [-0.15, -0.1) is 0 Å². The number of hydrogen-bond donors (Lipinski definition) is 0. The largest absolute Gasteiger partial charge is 0.340 e. The number of hydrogen-bond acceptors (Lipinski definition) is 1. The van der Waals surface area contributed by atoms with Crippen molar-refractivity contribution in [2.24, 2.45) is 0 Å². The summed E-state index contributed by atoms with van der Waals surface area (Å²) in [7, 11) is 0. The summed E-state index contributed by atoms with van der Waals surface area (Å²) in [4.78, 5) is 1.75. The van der Waals surface area contributed by atoms with Gasteiger partial charge in [0.05, 0.1) is 11.3 Å². The maximum absolute atomic E-state index is 14.5. The first-order valence-corrected chi connectivity index (χ1v) is 8.80. The van der Waals surface area contributed by atoms with Crippen LogP contribution in [-0.2, 0) is 0 Å². The summed E-state index contributed by atoms with van der Waals surface area (Å²) in [6, 6.07) is 10.7. The lowest BCUT2D eigenvalue weighted by Crippen LogP contribution is -2.25. The van der Waals surface area contributed by atoms with Crippen molar-refractivity contribution in [1.82, 2.24) is 4.90 Å². The first-order chi connectivity index (χ1) is 11.9. The van der Waals surface area contributed by atoms with Gasteiger partial charge < -0.3 is 4.90 Å². The molecule has 2 aromatic carbocycles. The molecule has 0 atom stereocenters. The minimum absolute atomic E-state index is 0.247. The van der Waals surface area contributed by atoms with Crippen LogP contribution in [0.1, 0.15) is 18.1 Å². The van der Waals surface area contributed by atoms with Gasteiger partial charge in [-0.05, 0) is 41.2 Å². The second-order valence-electron chi connectivity index (χ2n) is 5.56. The third-order valence-electron chi connectivity index (χ3n) is 4.04. The molecular formula is C20H15F3IN. The highest BCUT2D eigenvalue weighted by Crippen LogP contribution is 2.42. The molecule has 5 heteroatoms. The monoisotopic (exact) mass is 453 g/mol. The maximum Gasteiger partial charge on any atom is 0.138 e. The third-order valence-corrected chi connectivity index (χ3v) is 4.98. The zero-order valence-corrected chi connectivity index (χ0v) is 15.6. The van der Waals surface area contributed by atoms with Crippen LogP contribution < -0.4 is 0 Å². The molecule has 1 heterocycles. The number of halogens is 4. The molecule has 0 fully saturated rings. The van der Waals surface area contributed by atoms with Gasteiger partial charge >= 0.3 is 0 Å². The Kier molecular flexibility index (Phi) is 5.03. The van der Waals surface area contributed by atoms with Crippen molar-refractivity contribution in [2.45, 2.75) is 6.92 Å². The Bertz CT molecular complexity index is 877. The topological polar surface area (TPSA) is 3.24 Å². The Morgan fingerprint density at radius 2 is 1.64 bits per heavy atom. The molecule has 0 bridgehead atoms. The highest BCUT2D eigenvalue weighted by Gasteiger charge is 2.28. The summed E-state index contributed by atoms with van der Waals surface area (Å²) in [5.41, 5.74) is 2.25. The van der Waals surface area contributed by atoms with E-state index in [4.69, 9.17) is 0 Å². The first kappa shape index (κ1) is 17.8. The molecule has 1 aliphatic heterocycles. The Hall–Kier alpha value is -2.02. The van der Waals surface area contributed by atoms with Gasteiger partial charge in [0.2, 0.25) is 0 Å². The SMILES string of the molecule is C=C1C(I)=CC(c2ccccc2)=C(c2c(F)cc(F)cc2F)N1CC. The lowest BCUT2D eigenvalue weighted by Gasteiger charge is -2.34. The second kappa shape index (κ2) is 7.07. The summed E-state index contributed by atoms with van der Waals surface area (Å²) in [5.74, 6) is -2.81. The molecular weight excluding hydrogens is 438 g/mol. The van der Waals surface area contributed by atoms with Crippen LogP contribution >= 0.6 is 22.6 Å². The number of likely N-dealkylation sites (N-methyl/N-ethyl adjacent to an activating group) is 1. The predicted molar refractivity (Wildman–Crippen MR) is 103 cm³/mol. The molecule has 25 heavy (non-hydrogen) atoms. The zero-order chi connectivity index (χ0) is 18.1. The lowest BCUT2D eigenvalue weighted by molar-refractivity contribution is 0.501. The molecule has 128 valence electrons. The Balaban J connectivity index is 2.38. The first-order valence-electron chi connectivity index (χ1n) is 7.72. The molecule has 0 amide bonds. The fourth-order valence-corrected chi connectivity index (χ4v) is 3.52. The van der Waals surface area contributed by atoms with Crippen molar-refractivity contribution in [3.8, 4) is 0 Å². The molecule has 3 rings (SSSR count). The quantitative estimate of drug-likeness (QED) is 0.505. The van der Waals surface area contributed by atoms with E-state index in [1.54, 1.807) is 4.90 Å². The average molecular weight is 453 g/mol. The van der Waals surface area contributed by atoms with Gasteiger partial charge in [-0.3, -0.25) is 0 Å². The molecule has 0 saturated heterocycles. The van der Waals surface area contributed by atoms with Gasteiger partial charge in [-0.1, -0.05) is 36.9 Å². The van der Waals surface area contributed by atoms with Gasteiger partial charge in [0.1, 0.15) is 17.5 Å². The summed E-state index contributed by atoms with van der Waals surface area (Å²) in [6.45, 7) is 6.38. The van der Waals surface area contributed by atoms with E-state index < -0.39 is 17.5 Å². The van der Waals surface area contributed by atoms with Gasteiger partial charge in [-0.25, -0.2) is 13.2 Å². The van der Waals surface area contributed by atoms with E-state index in [1.807, 2.05) is 43.3 Å². The van der Waals surface area contributed by atoms with Crippen LogP contribution in [0.4, 0.5) is 13.2 Å². The molecule has 0 aliphatic carbocycles. The van der Waals surface area contributed by atoms with E-state index in [-0.39, 0.29) is 5.56 Å². The normalized spacial score (nSPS) is 14.8. The van der Waals surface area contributed by atoms with Crippen molar-refractivity contribution in [1.29, 1.82) is 0 Å². The van der Waals surface area contributed by atoms with E-state index >= 15 is 0 Å². The standard InChI is InChI=1S/C20H15F3IN/c1-3-25-12(2)18(24)11-15(13-7-5-4-6-8-13)20(25)19-16(22)9-14(21)10-17(19)23/h4-11H,2-3H2,1H3. The fourth-order valence-electron chi connectivity index (χ4n) is 2.91. The van der Waals surface area contributed by atoms with Crippen molar-refractivity contribution in [3.63, 3.8) is 0 Å². The highest BCUT2D eigenvalue weighted by molar-refractivity contribution is 14.1. The lowest BCUT2D eigenvalue weighted by atomic mass is 9.94. The Morgan fingerprint density at radius 3 is 2.20 bits per heavy atom. The van der Waals surface area contributed by atoms with E-state index in [0.29, 0.717) is 35.6 Å². The van der Waals surface area contributed by atoms with E-state index in [0.717, 1.165) is 9.14 Å². The van der Waals surface area contributed by atoms with Crippen LogP contribution in [0.25, 0.3) is 11.3 Å². The van der Waals surface area contributed by atoms with E-state index in [9.17, 15) is 13.2 Å². The van der Waals surface area contributed by atoms with Crippen LogP contribution in [0, 0.1) is 17.5 Å². The molecule has 0 spiro atoms. The van der Waals surface area contributed by atoms with Crippen molar-refractivity contribution in [2.75, 3.05) is 6.54 Å². The zero-order valence-electron chi connectivity index (χ0n) is 13.5. The average Bonchev–Trinajstić information content (AvgIpc) is 2.58. The molecule has 2 aromatic rings. The number of nitrogens with zero attached hydrogens (tertiary/aromatic N) is 1. The van der Waals surface area contributed by atoms with Crippen LogP contribution in [0.15, 0.2) is 64.4 Å². The smallest absolute Gasteiger partial charge is 0.138 e. The molecule has 0 aromatic heterocycles. The fraction of sp³-hybridized carbons (Fsp3) is 0.100. The minimum atomic E-state index is -0.941. The summed E-state index contributed by atoms with van der Waals surface area (Å²) in [5, 5.41) is 0. The molecule has 1 nitrogen and oxygen atoms in total. The van der Waals surface area contributed by atoms with Crippen LogP contribution in [0.2, 0.25) is 0 Å². The number of benzene rings is 2.